The van der Waals surface area contributed by atoms with Gasteiger partial charge in [-0.05, 0) is 52.0 Å². The molecule has 1 aliphatic rings. The molecular weight excluding hydrogens is 520 g/mol. The third-order valence-corrected chi connectivity index (χ3v) is 7.97. The van der Waals surface area contributed by atoms with Crippen molar-refractivity contribution in [3.63, 3.8) is 0 Å². The molecule has 4 aromatic rings. The Kier molecular flexibility index (Phi) is 7.19. The Morgan fingerprint density at radius 3 is 2.37 bits per heavy atom. The van der Waals surface area contributed by atoms with Crippen LogP contribution in [0.4, 0.5) is 29.3 Å². The number of benzene rings is 1. The van der Waals surface area contributed by atoms with Gasteiger partial charge in [0.25, 0.3) is 0 Å². The van der Waals surface area contributed by atoms with Gasteiger partial charge < -0.3 is 15.7 Å². The van der Waals surface area contributed by atoms with Gasteiger partial charge in [0.05, 0.1) is 21.7 Å². The Morgan fingerprint density at radius 2 is 1.71 bits per heavy atom. The normalized spacial score (nSPS) is 17.4. The van der Waals surface area contributed by atoms with Gasteiger partial charge in [-0.3, -0.25) is 4.98 Å². The van der Waals surface area contributed by atoms with E-state index >= 15 is 0 Å². The third-order valence-electron chi connectivity index (χ3n) is 6.93. The Labute approximate surface area is 220 Å². The number of nitrogens with zero attached hydrogens (tertiary/aromatic N) is 4. The van der Waals surface area contributed by atoms with Crippen molar-refractivity contribution in [2.45, 2.75) is 52.6 Å². The summed E-state index contributed by atoms with van der Waals surface area (Å²) in [4.78, 5) is 18.1. The van der Waals surface area contributed by atoms with Crippen molar-refractivity contribution < 1.29 is 22.7 Å². The van der Waals surface area contributed by atoms with Crippen LogP contribution in [0.1, 0.15) is 41.8 Å². The van der Waals surface area contributed by atoms with Crippen LogP contribution in [0.5, 0.6) is 0 Å². The monoisotopic (exact) mass is 546 g/mol. The molecule has 3 aromatic heterocycles. The first-order valence-electron chi connectivity index (χ1n) is 12.2. The highest BCUT2D eigenvalue weighted by Gasteiger charge is 2.27. The zero-order chi connectivity index (χ0) is 27.1. The second kappa shape index (κ2) is 10.4. The molecular formula is C26H26F4N6OS. The quantitative estimate of drug-likeness (QED) is 0.199. The smallest absolute Gasteiger partial charge is 0.225 e. The molecule has 3 N–H and O–H groups in total. The largest absolute Gasteiger partial charge is 0.396 e. The summed E-state index contributed by atoms with van der Waals surface area (Å²) >= 11 is 1.47. The van der Waals surface area contributed by atoms with Crippen molar-refractivity contribution in [1.29, 1.82) is 0 Å². The molecule has 7 nitrogen and oxygen atoms in total. The molecule has 2 atom stereocenters. The minimum atomic E-state index is -1.46. The van der Waals surface area contributed by atoms with Crippen LogP contribution in [0.25, 0.3) is 20.8 Å². The number of aromatic nitrogens is 4. The number of hydrogen-bond acceptors (Lipinski definition) is 8. The lowest BCUT2D eigenvalue weighted by molar-refractivity contribution is 0.229. The minimum absolute atomic E-state index is 0.0320. The van der Waals surface area contributed by atoms with Crippen molar-refractivity contribution in [2.24, 2.45) is 5.92 Å². The predicted molar refractivity (Wildman–Crippen MR) is 138 cm³/mol. The molecule has 0 spiro atoms. The molecule has 5 rings (SSSR count). The van der Waals surface area contributed by atoms with Crippen LogP contribution in [-0.2, 0) is 6.54 Å². The summed E-state index contributed by atoms with van der Waals surface area (Å²) in [5, 5.41) is 16.4. The van der Waals surface area contributed by atoms with E-state index in [2.05, 4.69) is 25.6 Å². The summed E-state index contributed by atoms with van der Waals surface area (Å²) in [6.07, 6.45) is 4.17. The summed E-state index contributed by atoms with van der Waals surface area (Å²) in [7, 11) is 0. The van der Waals surface area contributed by atoms with Crippen molar-refractivity contribution >= 4 is 33.3 Å². The highest BCUT2D eigenvalue weighted by molar-refractivity contribution is 7.21. The summed E-state index contributed by atoms with van der Waals surface area (Å²) in [5.74, 6) is -5.10. The van der Waals surface area contributed by atoms with Gasteiger partial charge >= 0.3 is 0 Å². The number of nitrogens with one attached hydrogen (secondary N) is 2. The molecule has 0 radical (unpaired) electrons. The van der Waals surface area contributed by atoms with E-state index in [0.717, 1.165) is 42.1 Å². The lowest BCUT2D eigenvalue weighted by atomic mass is 10.1. The van der Waals surface area contributed by atoms with E-state index in [1.807, 2.05) is 13.0 Å². The molecule has 2 unspecified atom stereocenters. The summed E-state index contributed by atoms with van der Waals surface area (Å²) in [6, 6.07) is 1.93. The molecule has 200 valence electrons. The number of aliphatic hydroxyl groups is 1. The maximum absolute atomic E-state index is 14.4. The van der Waals surface area contributed by atoms with Gasteiger partial charge in [-0.25, -0.2) is 27.5 Å². The van der Waals surface area contributed by atoms with Crippen molar-refractivity contribution in [1.82, 2.24) is 19.9 Å². The number of hydrogen-bond donors (Lipinski definition) is 3. The Bertz CT molecular complexity index is 1500. The molecule has 0 aliphatic heterocycles. The third kappa shape index (κ3) is 4.78. The molecule has 1 fully saturated rings. The first-order valence-corrected chi connectivity index (χ1v) is 13.0. The Morgan fingerprint density at radius 1 is 0.974 bits per heavy atom. The summed E-state index contributed by atoms with van der Waals surface area (Å²) in [5.41, 5.74) is 1.30. The van der Waals surface area contributed by atoms with Crippen LogP contribution < -0.4 is 10.6 Å². The van der Waals surface area contributed by atoms with E-state index in [0.29, 0.717) is 22.1 Å². The number of anilines is 2. The van der Waals surface area contributed by atoms with Gasteiger partial charge in [-0.15, -0.1) is 11.3 Å². The summed E-state index contributed by atoms with van der Waals surface area (Å²) in [6.45, 7) is 4.16. The average Bonchev–Trinajstić information content (AvgIpc) is 3.54. The van der Waals surface area contributed by atoms with Gasteiger partial charge in [0.1, 0.15) is 16.3 Å². The number of rotatable bonds is 7. The SMILES string of the molecule is Cc1nc(NCc2c(F)c(F)c(C)c(F)c2F)nc(NC2CCC(CO)C2)c1-c1nc2c(C)nccc2s1. The van der Waals surface area contributed by atoms with Crippen LogP contribution in [0.15, 0.2) is 12.3 Å². The molecule has 0 amide bonds. The highest BCUT2D eigenvalue weighted by Crippen LogP contribution is 2.38. The maximum Gasteiger partial charge on any atom is 0.225 e. The van der Waals surface area contributed by atoms with Crippen LogP contribution >= 0.6 is 11.3 Å². The average molecular weight is 547 g/mol. The first kappa shape index (κ1) is 26.2. The molecule has 1 aliphatic carbocycles. The van der Waals surface area contributed by atoms with Gasteiger partial charge in [0.15, 0.2) is 23.3 Å². The number of aryl methyl sites for hydroxylation is 2. The van der Waals surface area contributed by atoms with E-state index in [1.165, 1.54) is 11.3 Å². The Balaban J connectivity index is 1.52. The summed E-state index contributed by atoms with van der Waals surface area (Å²) < 4.78 is 57.9. The van der Waals surface area contributed by atoms with E-state index in [9.17, 15) is 22.7 Å². The van der Waals surface area contributed by atoms with Crippen LogP contribution in [-0.4, -0.2) is 37.7 Å². The molecule has 1 saturated carbocycles. The number of fused-ring (bicyclic) bond motifs is 1. The minimum Gasteiger partial charge on any atom is -0.396 e. The zero-order valence-corrected chi connectivity index (χ0v) is 21.8. The standard InChI is InChI=1S/C26H26F4N6OS/c1-11-19(27)21(29)16(22(30)20(11)28)9-32-26-33-12(2)18(24(36-26)34-15-5-4-14(8-15)10-37)25-35-23-13(3)31-7-6-17(23)38-25/h6-7,14-15,37H,4-5,8-10H2,1-3H3,(H2,32,33,34,36). The second-order valence-electron chi connectivity index (χ2n) is 9.53. The predicted octanol–water partition coefficient (Wildman–Crippen LogP) is 5.81. The fourth-order valence-electron chi connectivity index (χ4n) is 4.78. The van der Waals surface area contributed by atoms with Gasteiger partial charge in [0, 0.05) is 36.5 Å². The molecule has 0 saturated heterocycles. The van der Waals surface area contributed by atoms with Crippen LogP contribution in [0.2, 0.25) is 0 Å². The van der Waals surface area contributed by atoms with E-state index in [1.54, 1.807) is 13.1 Å². The van der Waals surface area contributed by atoms with E-state index in [4.69, 9.17) is 4.98 Å². The molecule has 1 aromatic carbocycles. The molecule has 38 heavy (non-hydrogen) atoms. The lowest BCUT2D eigenvalue weighted by Crippen LogP contribution is -2.19. The van der Waals surface area contributed by atoms with Crippen LogP contribution in [0, 0.1) is 50.0 Å². The highest BCUT2D eigenvalue weighted by atomic mass is 32.1. The van der Waals surface area contributed by atoms with Crippen LogP contribution in [0.3, 0.4) is 0 Å². The van der Waals surface area contributed by atoms with Gasteiger partial charge in [0.2, 0.25) is 5.95 Å². The van der Waals surface area contributed by atoms with Gasteiger partial charge in [-0.2, -0.15) is 4.98 Å². The maximum atomic E-state index is 14.4. The van der Waals surface area contributed by atoms with Gasteiger partial charge in [-0.1, -0.05) is 0 Å². The fraction of sp³-hybridized carbons (Fsp3) is 0.385. The number of aliphatic hydroxyl groups excluding tert-OH is 1. The first-order chi connectivity index (χ1) is 18.2. The fourth-order valence-corrected chi connectivity index (χ4v) is 5.89. The molecule has 12 heteroatoms. The number of thiazole rings is 1. The molecule has 0 bridgehead atoms. The van der Waals surface area contributed by atoms with E-state index < -0.39 is 40.9 Å². The van der Waals surface area contributed by atoms with Crippen molar-refractivity contribution in [3.05, 3.63) is 58.0 Å². The number of pyridine rings is 1. The number of halogens is 4. The lowest BCUT2D eigenvalue weighted by Gasteiger charge is -2.18. The molecule has 3 heterocycles. The topological polar surface area (TPSA) is 95.9 Å². The second-order valence-corrected chi connectivity index (χ2v) is 10.6. The van der Waals surface area contributed by atoms with Crippen molar-refractivity contribution in [3.8, 4) is 10.6 Å². The zero-order valence-electron chi connectivity index (χ0n) is 21.0. The Hall–Kier alpha value is -3.38. The van der Waals surface area contributed by atoms with E-state index in [-0.39, 0.29) is 24.5 Å². The van der Waals surface area contributed by atoms with Crippen molar-refractivity contribution in [2.75, 3.05) is 17.2 Å².